The Morgan fingerprint density at radius 2 is 2.50 bits per heavy atom. The number of hydrogen-bond acceptors (Lipinski definition) is 4. The first-order chi connectivity index (χ1) is 7.83. The number of rotatable bonds is 3. The number of H-pyrrole nitrogens is 1. The number of nitrogens with zero attached hydrogens (tertiary/aromatic N) is 3. The van der Waals surface area contributed by atoms with Crippen LogP contribution in [0.2, 0.25) is 0 Å². The molecule has 0 spiro atoms. The molecule has 3 heterocycles. The van der Waals surface area contributed by atoms with E-state index in [1.165, 1.54) is 0 Å². The van der Waals surface area contributed by atoms with Crippen LogP contribution in [0.25, 0.3) is 4.96 Å². The number of imidazole rings is 2. The van der Waals surface area contributed by atoms with Gasteiger partial charge in [0.15, 0.2) is 4.96 Å². The number of nitrogens with one attached hydrogen (secondary N) is 1. The van der Waals surface area contributed by atoms with Crippen LogP contribution in [0.4, 0.5) is 0 Å². The Labute approximate surface area is 96.0 Å². The highest BCUT2D eigenvalue weighted by Gasteiger charge is 2.11. The number of thiazole rings is 1. The fourth-order valence-corrected chi connectivity index (χ4v) is 2.40. The van der Waals surface area contributed by atoms with E-state index in [-0.39, 0.29) is 6.04 Å². The third-order valence-electron chi connectivity index (χ3n) is 2.44. The van der Waals surface area contributed by atoms with Gasteiger partial charge in [-0.15, -0.1) is 11.3 Å². The second-order valence-corrected chi connectivity index (χ2v) is 4.48. The van der Waals surface area contributed by atoms with Crippen LogP contribution in [0, 0.1) is 0 Å². The molecule has 3 rings (SSSR count). The fraction of sp³-hybridized carbons (Fsp3) is 0.200. The van der Waals surface area contributed by atoms with Gasteiger partial charge in [-0.05, 0) is 0 Å². The van der Waals surface area contributed by atoms with E-state index in [9.17, 15) is 0 Å². The minimum absolute atomic E-state index is 0.125. The maximum Gasteiger partial charge on any atom is 0.193 e. The Morgan fingerprint density at radius 3 is 3.25 bits per heavy atom. The highest BCUT2D eigenvalue weighted by Crippen LogP contribution is 2.15. The van der Waals surface area contributed by atoms with Crippen molar-refractivity contribution in [1.29, 1.82) is 0 Å². The molecular formula is C10H11N5S. The average molecular weight is 233 g/mol. The lowest BCUT2D eigenvalue weighted by molar-refractivity contribution is 0.668. The molecule has 0 bridgehead atoms. The van der Waals surface area contributed by atoms with Crippen LogP contribution in [0.15, 0.2) is 30.2 Å². The van der Waals surface area contributed by atoms with Crippen molar-refractivity contribution in [2.75, 3.05) is 0 Å². The van der Waals surface area contributed by atoms with Gasteiger partial charge in [-0.25, -0.2) is 9.97 Å². The van der Waals surface area contributed by atoms with Crippen molar-refractivity contribution in [1.82, 2.24) is 19.4 Å². The van der Waals surface area contributed by atoms with E-state index in [0.717, 1.165) is 16.5 Å². The molecule has 6 heteroatoms. The van der Waals surface area contributed by atoms with Crippen LogP contribution in [-0.4, -0.2) is 19.4 Å². The van der Waals surface area contributed by atoms with Gasteiger partial charge in [0.25, 0.3) is 0 Å². The minimum atomic E-state index is -0.125. The summed E-state index contributed by atoms with van der Waals surface area (Å²) in [6.07, 6.45) is 8.19. The molecule has 0 aromatic carbocycles. The van der Waals surface area contributed by atoms with Crippen LogP contribution >= 0.6 is 11.3 Å². The Kier molecular flexibility index (Phi) is 2.23. The van der Waals surface area contributed by atoms with Crippen molar-refractivity contribution in [3.8, 4) is 0 Å². The molecule has 0 aliphatic heterocycles. The van der Waals surface area contributed by atoms with Gasteiger partial charge in [0.1, 0.15) is 5.82 Å². The topological polar surface area (TPSA) is 72.0 Å². The zero-order valence-electron chi connectivity index (χ0n) is 8.50. The lowest BCUT2D eigenvalue weighted by Gasteiger charge is -2.05. The molecule has 16 heavy (non-hydrogen) atoms. The summed E-state index contributed by atoms with van der Waals surface area (Å²) in [6.45, 7) is 0. The molecule has 0 radical (unpaired) electrons. The zero-order chi connectivity index (χ0) is 11.0. The lowest BCUT2D eigenvalue weighted by atomic mass is 10.2. The van der Waals surface area contributed by atoms with Crippen LogP contribution in [-0.2, 0) is 6.42 Å². The molecule has 0 amide bonds. The smallest absolute Gasteiger partial charge is 0.193 e. The molecule has 0 aliphatic rings. The number of aromatic amines is 1. The number of fused-ring (bicyclic) bond motifs is 1. The average Bonchev–Trinajstić information content (AvgIpc) is 2.91. The van der Waals surface area contributed by atoms with Crippen molar-refractivity contribution in [3.05, 3.63) is 41.7 Å². The van der Waals surface area contributed by atoms with E-state index in [4.69, 9.17) is 5.73 Å². The Balaban J connectivity index is 1.82. The standard InChI is InChI=1S/C10H11N5S/c11-8(9-12-1-2-13-9)5-7-6-15-3-4-16-10(15)14-7/h1-4,6,8H,5,11H2,(H,12,13). The first-order valence-corrected chi connectivity index (χ1v) is 5.87. The maximum absolute atomic E-state index is 6.02. The van der Waals surface area contributed by atoms with Gasteiger partial charge in [-0.3, -0.25) is 4.40 Å². The zero-order valence-corrected chi connectivity index (χ0v) is 9.31. The molecule has 0 saturated heterocycles. The summed E-state index contributed by atoms with van der Waals surface area (Å²) in [7, 11) is 0. The monoisotopic (exact) mass is 233 g/mol. The van der Waals surface area contributed by atoms with Crippen LogP contribution in [0.1, 0.15) is 17.6 Å². The van der Waals surface area contributed by atoms with Crippen molar-refractivity contribution in [2.45, 2.75) is 12.5 Å². The molecule has 3 aromatic rings. The van der Waals surface area contributed by atoms with Crippen molar-refractivity contribution < 1.29 is 0 Å². The number of hydrogen-bond donors (Lipinski definition) is 2. The maximum atomic E-state index is 6.02. The highest BCUT2D eigenvalue weighted by molar-refractivity contribution is 7.15. The third kappa shape index (κ3) is 1.62. The first-order valence-electron chi connectivity index (χ1n) is 4.99. The molecule has 1 unspecified atom stereocenters. The normalized spacial score (nSPS) is 13.3. The summed E-state index contributed by atoms with van der Waals surface area (Å²) in [4.78, 5) is 12.6. The van der Waals surface area contributed by atoms with E-state index >= 15 is 0 Å². The molecule has 5 nitrogen and oxygen atoms in total. The van der Waals surface area contributed by atoms with Crippen LogP contribution < -0.4 is 5.73 Å². The van der Waals surface area contributed by atoms with Gasteiger partial charge in [0.2, 0.25) is 0 Å². The molecule has 3 aromatic heterocycles. The van der Waals surface area contributed by atoms with Gasteiger partial charge in [0, 0.05) is 36.6 Å². The first kappa shape index (κ1) is 9.56. The summed E-state index contributed by atoms with van der Waals surface area (Å²) >= 11 is 1.62. The molecule has 1 atom stereocenters. The predicted molar refractivity (Wildman–Crippen MR) is 62.3 cm³/mol. The Morgan fingerprint density at radius 1 is 1.56 bits per heavy atom. The third-order valence-corrected chi connectivity index (χ3v) is 3.21. The molecule has 0 saturated carbocycles. The van der Waals surface area contributed by atoms with Crippen LogP contribution in [0.3, 0.4) is 0 Å². The van der Waals surface area contributed by atoms with E-state index in [0.29, 0.717) is 6.42 Å². The van der Waals surface area contributed by atoms with Crippen molar-refractivity contribution >= 4 is 16.3 Å². The lowest BCUT2D eigenvalue weighted by Crippen LogP contribution is -2.15. The second kappa shape index (κ2) is 3.73. The number of nitrogens with two attached hydrogens (primary N) is 1. The molecule has 0 aliphatic carbocycles. The molecule has 3 N–H and O–H groups in total. The van der Waals surface area contributed by atoms with Gasteiger partial charge in [-0.2, -0.15) is 0 Å². The Bertz CT molecular complexity index is 551. The molecular weight excluding hydrogens is 222 g/mol. The quantitative estimate of drug-likeness (QED) is 0.717. The summed E-state index contributed by atoms with van der Waals surface area (Å²) in [5, 5.41) is 2.01. The van der Waals surface area contributed by atoms with E-state index in [1.54, 1.807) is 23.7 Å². The molecule has 0 fully saturated rings. The summed E-state index contributed by atoms with van der Waals surface area (Å²) in [5.74, 6) is 0.802. The summed E-state index contributed by atoms with van der Waals surface area (Å²) in [5.41, 5.74) is 7.02. The van der Waals surface area contributed by atoms with Gasteiger partial charge >= 0.3 is 0 Å². The van der Waals surface area contributed by atoms with Gasteiger partial charge in [-0.1, -0.05) is 0 Å². The number of aromatic nitrogens is 4. The SMILES string of the molecule is NC(Cc1cn2ccsc2n1)c1ncc[nH]1. The minimum Gasteiger partial charge on any atom is -0.347 e. The van der Waals surface area contributed by atoms with Gasteiger partial charge < -0.3 is 10.7 Å². The van der Waals surface area contributed by atoms with Gasteiger partial charge in [0.05, 0.1) is 11.7 Å². The second-order valence-electron chi connectivity index (χ2n) is 3.61. The van der Waals surface area contributed by atoms with E-state index < -0.39 is 0 Å². The van der Waals surface area contributed by atoms with E-state index in [1.807, 2.05) is 22.2 Å². The predicted octanol–water partition coefficient (Wildman–Crippen LogP) is 1.36. The summed E-state index contributed by atoms with van der Waals surface area (Å²) < 4.78 is 2.01. The van der Waals surface area contributed by atoms with Crippen molar-refractivity contribution in [2.24, 2.45) is 5.73 Å². The molecule has 82 valence electrons. The summed E-state index contributed by atoms with van der Waals surface area (Å²) in [6, 6.07) is -0.125. The van der Waals surface area contributed by atoms with E-state index in [2.05, 4.69) is 15.0 Å². The fourth-order valence-electron chi connectivity index (χ4n) is 1.68. The Hall–Kier alpha value is -1.66. The largest absolute Gasteiger partial charge is 0.347 e. The van der Waals surface area contributed by atoms with Crippen molar-refractivity contribution in [3.63, 3.8) is 0 Å². The van der Waals surface area contributed by atoms with Crippen LogP contribution in [0.5, 0.6) is 0 Å². The highest BCUT2D eigenvalue weighted by atomic mass is 32.1.